The third kappa shape index (κ3) is 3.08. The van der Waals surface area contributed by atoms with Crippen molar-refractivity contribution in [2.75, 3.05) is 0 Å². The molecule has 0 aromatic heterocycles. The minimum Gasteiger partial charge on any atom is -0.462 e. The van der Waals surface area contributed by atoms with Gasteiger partial charge >= 0.3 is 5.97 Å². The predicted molar refractivity (Wildman–Crippen MR) is 140 cm³/mol. The van der Waals surface area contributed by atoms with Crippen molar-refractivity contribution in [3.05, 3.63) is 11.6 Å². The summed E-state index contributed by atoms with van der Waals surface area (Å²) in [6.45, 7) is 22.1. The molecule has 0 aliphatic heterocycles. The van der Waals surface area contributed by atoms with Gasteiger partial charge in [0, 0.05) is 12.3 Å². The maximum Gasteiger partial charge on any atom is 0.302 e. The second-order valence-electron chi connectivity index (χ2n) is 15.3. The Morgan fingerprint density at radius 3 is 2.26 bits per heavy atom. The molecule has 0 spiro atoms. The van der Waals surface area contributed by atoms with Gasteiger partial charge in [-0.1, -0.05) is 67.0 Å². The van der Waals surface area contributed by atoms with Crippen molar-refractivity contribution in [2.24, 2.45) is 56.7 Å². The van der Waals surface area contributed by atoms with E-state index in [0.717, 1.165) is 30.1 Å². The summed E-state index contributed by atoms with van der Waals surface area (Å²) in [7, 11) is 0. The van der Waals surface area contributed by atoms with E-state index in [1.165, 1.54) is 51.4 Å². The van der Waals surface area contributed by atoms with Gasteiger partial charge < -0.3 is 4.74 Å². The Bertz CT molecular complexity index is 885. The quantitative estimate of drug-likeness (QED) is 0.284. The fourth-order valence-corrected chi connectivity index (χ4v) is 11.2. The number of ether oxygens (including phenoxy) is 1. The van der Waals surface area contributed by atoms with Crippen molar-refractivity contribution in [1.82, 2.24) is 0 Å². The zero-order chi connectivity index (χ0) is 24.9. The van der Waals surface area contributed by atoms with Crippen LogP contribution in [0, 0.1) is 56.7 Å². The van der Waals surface area contributed by atoms with Gasteiger partial charge in [-0.3, -0.25) is 4.79 Å². The summed E-state index contributed by atoms with van der Waals surface area (Å²) in [5.74, 6) is 3.66. The minimum atomic E-state index is -0.110. The van der Waals surface area contributed by atoms with Crippen molar-refractivity contribution in [3.63, 3.8) is 0 Å². The van der Waals surface area contributed by atoms with Crippen LogP contribution in [-0.2, 0) is 9.53 Å². The number of fused-ring (bicyclic) bond motifs is 7. The number of allylic oxidation sites excluding steroid dienone is 2. The van der Waals surface area contributed by atoms with E-state index in [9.17, 15) is 4.79 Å². The molecule has 0 aromatic rings. The minimum absolute atomic E-state index is 0.0450. The molecule has 0 saturated heterocycles. The highest BCUT2D eigenvalue weighted by molar-refractivity contribution is 5.66. The van der Waals surface area contributed by atoms with Crippen LogP contribution < -0.4 is 0 Å². The Morgan fingerprint density at radius 1 is 0.882 bits per heavy atom. The van der Waals surface area contributed by atoms with Crippen molar-refractivity contribution < 1.29 is 9.53 Å². The number of carbonyl (C=O) groups excluding carboxylic acids is 1. The highest BCUT2D eigenvalue weighted by atomic mass is 16.5. The normalized spacial score (nSPS) is 54.0. The van der Waals surface area contributed by atoms with E-state index < -0.39 is 0 Å². The second kappa shape index (κ2) is 7.61. The fraction of sp³-hybridized carbons (Fsp3) is 0.906. The molecule has 4 saturated carbocycles. The molecule has 1 unspecified atom stereocenters. The molecule has 4 fully saturated rings. The summed E-state index contributed by atoms with van der Waals surface area (Å²) >= 11 is 0. The van der Waals surface area contributed by atoms with Gasteiger partial charge in [-0.2, -0.15) is 0 Å². The molecule has 0 heterocycles. The first-order valence-corrected chi connectivity index (χ1v) is 14.6. The summed E-state index contributed by atoms with van der Waals surface area (Å²) in [5, 5.41) is 0. The van der Waals surface area contributed by atoms with E-state index in [0.29, 0.717) is 27.6 Å². The SMILES string of the molecule is CC(=O)O[C@H]1CC[C@]2(C)[C@H]3CC=C4C5[C@@H](C)[C@H](C)CC[C@]5(C)CC[C@@]4(C)[C@]3(C)CC[C@H]2C1(C)C. The third-order valence-electron chi connectivity index (χ3n) is 13.6. The lowest BCUT2D eigenvalue weighted by Crippen LogP contribution is -2.65. The van der Waals surface area contributed by atoms with Crippen LogP contribution >= 0.6 is 0 Å². The van der Waals surface area contributed by atoms with Gasteiger partial charge in [-0.15, -0.1) is 0 Å². The molecule has 0 amide bonds. The third-order valence-corrected chi connectivity index (χ3v) is 13.6. The molecule has 0 radical (unpaired) electrons. The van der Waals surface area contributed by atoms with E-state index in [1.54, 1.807) is 6.92 Å². The number of esters is 1. The summed E-state index contributed by atoms with van der Waals surface area (Å²) in [6, 6.07) is 0. The van der Waals surface area contributed by atoms with Crippen LogP contribution in [0.1, 0.15) is 120 Å². The van der Waals surface area contributed by atoms with E-state index in [-0.39, 0.29) is 17.5 Å². The van der Waals surface area contributed by atoms with Crippen molar-refractivity contribution in [1.29, 1.82) is 0 Å². The molecule has 2 nitrogen and oxygen atoms in total. The highest BCUT2D eigenvalue weighted by Gasteiger charge is 2.68. The molecule has 0 N–H and O–H groups in total. The molecular weight excluding hydrogens is 416 g/mol. The molecule has 0 bridgehead atoms. The van der Waals surface area contributed by atoms with Crippen LogP contribution in [0.2, 0.25) is 0 Å². The van der Waals surface area contributed by atoms with Gasteiger partial charge in [-0.25, -0.2) is 0 Å². The second-order valence-corrected chi connectivity index (χ2v) is 15.3. The van der Waals surface area contributed by atoms with E-state index in [4.69, 9.17) is 4.74 Å². The van der Waals surface area contributed by atoms with Crippen LogP contribution in [0.3, 0.4) is 0 Å². The summed E-state index contributed by atoms with van der Waals surface area (Å²) < 4.78 is 5.91. The Kier molecular flexibility index (Phi) is 5.57. The maximum atomic E-state index is 11.9. The first kappa shape index (κ1) is 24.9. The molecule has 5 aliphatic carbocycles. The molecule has 10 atom stereocenters. The lowest BCUT2D eigenvalue weighted by atomic mass is 9.33. The monoisotopic (exact) mass is 468 g/mol. The largest absolute Gasteiger partial charge is 0.462 e. The van der Waals surface area contributed by atoms with Gasteiger partial charge in [0.15, 0.2) is 0 Å². The molecule has 0 aromatic carbocycles. The number of rotatable bonds is 1. The van der Waals surface area contributed by atoms with Crippen LogP contribution in [0.15, 0.2) is 11.6 Å². The summed E-state index contributed by atoms with van der Waals surface area (Å²) in [4.78, 5) is 11.9. The lowest BCUT2D eigenvalue weighted by Gasteiger charge is -2.71. The standard InChI is InChI=1S/C32H52O2/c1-20-12-15-29(6)18-19-31(8)23(27(29)21(20)2)10-11-25-30(7)16-14-26(34-22(3)33)28(4,5)24(30)13-17-32(25,31)9/h10,20-21,24-27H,11-19H2,1-9H3/t20-,21+,24+,25-,26+,27?,29-,30+,31-,32-/m1/s1. The topological polar surface area (TPSA) is 26.3 Å². The van der Waals surface area contributed by atoms with Gasteiger partial charge in [-0.05, 0) is 109 Å². The van der Waals surface area contributed by atoms with Crippen LogP contribution in [0.4, 0.5) is 0 Å². The molecule has 5 aliphatic rings. The van der Waals surface area contributed by atoms with Crippen LogP contribution in [0.5, 0.6) is 0 Å². The Labute approximate surface area is 210 Å². The van der Waals surface area contributed by atoms with Crippen LogP contribution in [0.25, 0.3) is 0 Å². The predicted octanol–water partition coefficient (Wildman–Crippen LogP) is 8.60. The maximum absolute atomic E-state index is 11.9. The first-order valence-electron chi connectivity index (χ1n) is 14.6. The Balaban J connectivity index is 1.54. The summed E-state index contributed by atoms with van der Waals surface area (Å²) in [5.41, 5.74) is 3.44. The number of hydrogen-bond donors (Lipinski definition) is 0. The van der Waals surface area contributed by atoms with E-state index in [2.05, 4.69) is 61.5 Å². The Hall–Kier alpha value is -0.790. The van der Waals surface area contributed by atoms with E-state index in [1.807, 2.05) is 5.57 Å². The number of hydrogen-bond acceptors (Lipinski definition) is 2. The smallest absolute Gasteiger partial charge is 0.302 e. The molecule has 2 heteroatoms. The van der Waals surface area contributed by atoms with Crippen molar-refractivity contribution in [3.8, 4) is 0 Å². The van der Waals surface area contributed by atoms with Gasteiger partial charge in [0.05, 0.1) is 0 Å². The van der Waals surface area contributed by atoms with Crippen molar-refractivity contribution in [2.45, 2.75) is 126 Å². The summed E-state index contributed by atoms with van der Waals surface area (Å²) in [6.07, 6.45) is 14.6. The molecular formula is C32H52O2. The van der Waals surface area contributed by atoms with E-state index >= 15 is 0 Å². The zero-order valence-corrected chi connectivity index (χ0v) is 23.7. The van der Waals surface area contributed by atoms with Crippen LogP contribution in [-0.4, -0.2) is 12.1 Å². The molecule has 5 rings (SSSR count). The first-order chi connectivity index (χ1) is 15.7. The average Bonchev–Trinajstić information content (AvgIpc) is 2.74. The highest BCUT2D eigenvalue weighted by Crippen LogP contribution is 2.75. The Morgan fingerprint density at radius 2 is 1.59 bits per heavy atom. The van der Waals surface area contributed by atoms with Gasteiger partial charge in [0.1, 0.15) is 6.10 Å². The van der Waals surface area contributed by atoms with Crippen molar-refractivity contribution >= 4 is 5.97 Å². The fourth-order valence-electron chi connectivity index (χ4n) is 11.2. The van der Waals surface area contributed by atoms with Gasteiger partial charge in [0.25, 0.3) is 0 Å². The zero-order valence-electron chi connectivity index (χ0n) is 23.7. The molecule has 192 valence electrons. The van der Waals surface area contributed by atoms with Gasteiger partial charge in [0.2, 0.25) is 0 Å². The lowest BCUT2D eigenvalue weighted by molar-refractivity contribution is -0.212. The number of carbonyl (C=O) groups is 1. The average molecular weight is 469 g/mol. The molecule has 34 heavy (non-hydrogen) atoms.